The van der Waals surface area contributed by atoms with Crippen LogP contribution in [0.1, 0.15) is 62.2 Å². The average Bonchev–Trinajstić information content (AvgIpc) is 2.54. The van der Waals surface area contributed by atoms with E-state index in [2.05, 4.69) is 4.72 Å². The lowest BCUT2D eigenvalue weighted by Crippen LogP contribution is -2.41. The molecule has 0 unspecified atom stereocenters. The van der Waals surface area contributed by atoms with E-state index in [0.29, 0.717) is 11.5 Å². The molecule has 0 saturated heterocycles. The van der Waals surface area contributed by atoms with Crippen molar-refractivity contribution in [3.8, 4) is 0 Å². The molecule has 2 aliphatic rings. The summed E-state index contributed by atoms with van der Waals surface area (Å²) in [6, 6.07) is 6.24. The first kappa shape index (κ1) is 16.7. The standard InChI is InChI=1S/C18H25NO3S/c1-13(20)14-7-10-18(11-8-14)23(21,22)19-17-9-6-15-4-2-3-5-16(15)12-17/h7-8,10-11,15-17,19H,2-6,9,12H2,1H3/t15-,16-,17+/m0/s1. The van der Waals surface area contributed by atoms with Crippen LogP contribution in [0.15, 0.2) is 29.2 Å². The fraction of sp³-hybridized carbons (Fsp3) is 0.611. The van der Waals surface area contributed by atoms with E-state index in [1.165, 1.54) is 44.7 Å². The van der Waals surface area contributed by atoms with Crippen LogP contribution in [0.5, 0.6) is 0 Å². The third kappa shape index (κ3) is 3.83. The molecule has 23 heavy (non-hydrogen) atoms. The van der Waals surface area contributed by atoms with Crippen molar-refractivity contribution in [2.75, 3.05) is 0 Å². The number of Topliss-reactive ketones (excluding diaryl/α,β-unsaturated/α-hetero) is 1. The van der Waals surface area contributed by atoms with Crippen LogP contribution in [0.2, 0.25) is 0 Å². The molecule has 0 amide bonds. The van der Waals surface area contributed by atoms with Crippen LogP contribution in [0, 0.1) is 11.8 Å². The normalized spacial score (nSPS) is 28.1. The zero-order valence-corrected chi connectivity index (χ0v) is 14.4. The molecule has 2 saturated carbocycles. The van der Waals surface area contributed by atoms with Gasteiger partial charge in [-0.2, -0.15) is 0 Å². The van der Waals surface area contributed by atoms with Crippen molar-refractivity contribution in [3.63, 3.8) is 0 Å². The van der Waals surface area contributed by atoms with Gasteiger partial charge in [-0.05, 0) is 50.2 Å². The maximum atomic E-state index is 12.5. The van der Waals surface area contributed by atoms with Gasteiger partial charge in [0, 0.05) is 11.6 Å². The van der Waals surface area contributed by atoms with Gasteiger partial charge in [0.25, 0.3) is 0 Å². The summed E-state index contributed by atoms with van der Waals surface area (Å²) < 4.78 is 28.0. The molecule has 2 fully saturated rings. The number of hydrogen-bond donors (Lipinski definition) is 1. The minimum absolute atomic E-state index is 0.0480. The van der Waals surface area contributed by atoms with Crippen LogP contribution in [0.4, 0.5) is 0 Å². The first-order valence-electron chi connectivity index (χ1n) is 8.59. The second-order valence-electron chi connectivity index (χ2n) is 7.02. The Kier molecular flexibility index (Phi) is 4.87. The zero-order chi connectivity index (χ0) is 16.4. The van der Waals surface area contributed by atoms with Gasteiger partial charge in [0.05, 0.1) is 4.90 Å². The summed E-state index contributed by atoms with van der Waals surface area (Å²) in [5.74, 6) is 1.43. The fourth-order valence-corrected chi connectivity index (χ4v) is 5.42. The van der Waals surface area contributed by atoms with Crippen molar-refractivity contribution in [2.24, 2.45) is 11.8 Å². The summed E-state index contributed by atoms with van der Waals surface area (Å²) in [4.78, 5) is 11.5. The third-order valence-electron chi connectivity index (χ3n) is 5.43. The van der Waals surface area contributed by atoms with Crippen molar-refractivity contribution < 1.29 is 13.2 Å². The molecule has 2 aliphatic carbocycles. The quantitative estimate of drug-likeness (QED) is 0.856. The molecule has 126 valence electrons. The van der Waals surface area contributed by atoms with Crippen molar-refractivity contribution in [2.45, 2.75) is 62.8 Å². The summed E-state index contributed by atoms with van der Waals surface area (Å²) in [7, 11) is -3.50. The Morgan fingerprint density at radius 3 is 2.30 bits per heavy atom. The maximum Gasteiger partial charge on any atom is 0.240 e. The molecular weight excluding hydrogens is 310 g/mol. The van der Waals surface area contributed by atoms with E-state index in [0.717, 1.165) is 25.2 Å². The van der Waals surface area contributed by atoms with Crippen LogP contribution in [-0.2, 0) is 10.0 Å². The molecule has 1 aromatic rings. The Bertz CT molecular complexity index is 666. The number of carbonyl (C=O) groups excluding carboxylic acids is 1. The Hall–Kier alpha value is -1.20. The first-order valence-corrected chi connectivity index (χ1v) is 10.1. The third-order valence-corrected chi connectivity index (χ3v) is 6.97. The molecule has 0 aliphatic heterocycles. The molecular formula is C18H25NO3S. The number of sulfonamides is 1. The lowest BCUT2D eigenvalue weighted by molar-refractivity contribution is 0.101. The predicted octanol–water partition coefficient (Wildman–Crippen LogP) is 3.53. The van der Waals surface area contributed by atoms with Gasteiger partial charge in [-0.25, -0.2) is 13.1 Å². The van der Waals surface area contributed by atoms with Gasteiger partial charge in [0.15, 0.2) is 5.78 Å². The summed E-state index contributed by atoms with van der Waals surface area (Å²) in [5.41, 5.74) is 0.534. The number of ketones is 1. The molecule has 5 heteroatoms. The molecule has 0 radical (unpaired) electrons. The van der Waals surface area contributed by atoms with Crippen molar-refractivity contribution in [3.05, 3.63) is 29.8 Å². The SMILES string of the molecule is CC(=O)c1ccc(S(=O)(=O)N[C@@H]2CC[C@@H]3CCCC[C@H]3C2)cc1. The Balaban J connectivity index is 1.67. The average molecular weight is 335 g/mol. The van der Waals surface area contributed by atoms with E-state index in [9.17, 15) is 13.2 Å². The van der Waals surface area contributed by atoms with E-state index in [4.69, 9.17) is 0 Å². The smallest absolute Gasteiger partial charge is 0.240 e. The summed E-state index contributed by atoms with van der Waals surface area (Å²) in [6.45, 7) is 1.48. The van der Waals surface area contributed by atoms with Gasteiger partial charge in [-0.3, -0.25) is 4.79 Å². The Labute approximate surface area is 138 Å². The highest BCUT2D eigenvalue weighted by molar-refractivity contribution is 7.89. The molecule has 0 aromatic heterocycles. The highest BCUT2D eigenvalue weighted by atomic mass is 32.2. The maximum absolute atomic E-state index is 12.5. The molecule has 0 heterocycles. The minimum atomic E-state index is -3.50. The summed E-state index contributed by atoms with van der Waals surface area (Å²) >= 11 is 0. The first-order chi connectivity index (χ1) is 11.0. The Morgan fingerprint density at radius 2 is 1.65 bits per heavy atom. The van der Waals surface area contributed by atoms with Crippen molar-refractivity contribution in [1.29, 1.82) is 0 Å². The lowest BCUT2D eigenvalue weighted by Gasteiger charge is -2.39. The molecule has 4 nitrogen and oxygen atoms in total. The van der Waals surface area contributed by atoms with Crippen LogP contribution < -0.4 is 4.72 Å². The van der Waals surface area contributed by atoms with E-state index >= 15 is 0 Å². The zero-order valence-electron chi connectivity index (χ0n) is 13.6. The van der Waals surface area contributed by atoms with E-state index < -0.39 is 10.0 Å². The number of fused-ring (bicyclic) bond motifs is 1. The predicted molar refractivity (Wildman–Crippen MR) is 89.9 cm³/mol. The van der Waals surface area contributed by atoms with Gasteiger partial charge in [0.1, 0.15) is 0 Å². The second-order valence-corrected chi connectivity index (χ2v) is 8.73. The second kappa shape index (κ2) is 6.73. The monoisotopic (exact) mass is 335 g/mol. The van der Waals surface area contributed by atoms with Crippen LogP contribution in [0.25, 0.3) is 0 Å². The molecule has 0 bridgehead atoms. The van der Waals surface area contributed by atoms with E-state index in [1.807, 2.05) is 0 Å². The Morgan fingerprint density at radius 1 is 1.00 bits per heavy atom. The topological polar surface area (TPSA) is 63.2 Å². The largest absolute Gasteiger partial charge is 0.295 e. The lowest BCUT2D eigenvalue weighted by atomic mass is 9.70. The number of carbonyl (C=O) groups is 1. The highest BCUT2D eigenvalue weighted by Gasteiger charge is 2.33. The number of hydrogen-bond acceptors (Lipinski definition) is 3. The van der Waals surface area contributed by atoms with Gasteiger partial charge < -0.3 is 0 Å². The van der Waals surface area contributed by atoms with Crippen molar-refractivity contribution >= 4 is 15.8 Å². The summed E-state index contributed by atoms with van der Waals surface area (Å²) in [6.07, 6.45) is 8.22. The fourth-order valence-electron chi connectivity index (χ4n) is 4.14. The van der Waals surface area contributed by atoms with Gasteiger partial charge in [-0.15, -0.1) is 0 Å². The number of rotatable bonds is 4. The van der Waals surface area contributed by atoms with Crippen molar-refractivity contribution in [1.82, 2.24) is 4.72 Å². The van der Waals surface area contributed by atoms with Gasteiger partial charge >= 0.3 is 0 Å². The minimum Gasteiger partial charge on any atom is -0.295 e. The molecule has 1 aromatic carbocycles. The van der Waals surface area contributed by atoms with Crippen LogP contribution in [-0.4, -0.2) is 20.2 Å². The molecule has 3 rings (SSSR count). The summed E-state index contributed by atoms with van der Waals surface area (Å²) in [5, 5.41) is 0. The van der Waals surface area contributed by atoms with Gasteiger partial charge in [0.2, 0.25) is 10.0 Å². The van der Waals surface area contributed by atoms with Crippen LogP contribution in [0.3, 0.4) is 0 Å². The number of benzene rings is 1. The highest BCUT2D eigenvalue weighted by Crippen LogP contribution is 2.40. The molecule has 3 atom stereocenters. The number of nitrogens with one attached hydrogen (secondary N) is 1. The van der Waals surface area contributed by atoms with Crippen LogP contribution >= 0.6 is 0 Å². The molecule has 0 spiro atoms. The van der Waals surface area contributed by atoms with Gasteiger partial charge in [-0.1, -0.05) is 37.8 Å². The van der Waals surface area contributed by atoms with E-state index in [1.54, 1.807) is 12.1 Å². The van der Waals surface area contributed by atoms with E-state index in [-0.39, 0.29) is 16.7 Å². The molecule has 1 N–H and O–H groups in total.